The molecular weight excluding hydrogens is 450 g/mol. The summed E-state index contributed by atoms with van der Waals surface area (Å²) in [5.74, 6) is -0.307. The maximum absolute atomic E-state index is 13.4. The van der Waals surface area contributed by atoms with Crippen molar-refractivity contribution in [2.45, 2.75) is 65.6 Å². The molecule has 1 N–H and O–H groups in total. The molecule has 188 valence electrons. The van der Waals surface area contributed by atoms with Crippen LogP contribution >= 0.6 is 0 Å². The fourth-order valence-corrected chi connectivity index (χ4v) is 4.68. The molecule has 3 aromatic carbocycles. The van der Waals surface area contributed by atoms with E-state index in [0.29, 0.717) is 25.1 Å². The van der Waals surface area contributed by atoms with Gasteiger partial charge < -0.3 is 15.1 Å². The standard InChI is InChI=1S/C30H35N3O3/c1-20-14-16-22(17-15-20)19-33(21(2)28(35)31-30(3,4)5)26(34)13-8-18-32-25-12-7-10-23-9-6-11-24(27(23)25)29(32)36/h6-7,9-12,14-17,21H,8,13,18-19H2,1-5H3,(H,31,35)/t21-/m1/s1. The van der Waals surface area contributed by atoms with Crippen molar-refractivity contribution in [2.24, 2.45) is 0 Å². The van der Waals surface area contributed by atoms with E-state index >= 15 is 0 Å². The summed E-state index contributed by atoms with van der Waals surface area (Å²) in [5.41, 5.74) is 3.33. The third-order valence-electron chi connectivity index (χ3n) is 6.56. The lowest BCUT2D eigenvalue weighted by Gasteiger charge is -2.31. The van der Waals surface area contributed by atoms with Crippen LogP contribution in [0.3, 0.4) is 0 Å². The van der Waals surface area contributed by atoms with Gasteiger partial charge >= 0.3 is 0 Å². The summed E-state index contributed by atoms with van der Waals surface area (Å²) in [4.78, 5) is 42.9. The lowest BCUT2D eigenvalue weighted by molar-refractivity contribution is -0.141. The van der Waals surface area contributed by atoms with E-state index in [1.165, 1.54) is 0 Å². The third kappa shape index (κ3) is 5.43. The van der Waals surface area contributed by atoms with Gasteiger partial charge in [-0.05, 0) is 64.1 Å². The van der Waals surface area contributed by atoms with E-state index in [1.807, 2.05) is 88.4 Å². The molecule has 0 spiro atoms. The van der Waals surface area contributed by atoms with Crippen LogP contribution in [0.4, 0.5) is 5.69 Å². The van der Waals surface area contributed by atoms with E-state index in [1.54, 1.807) is 16.7 Å². The molecule has 0 aromatic heterocycles. The number of hydrogen-bond acceptors (Lipinski definition) is 3. The van der Waals surface area contributed by atoms with Crippen LogP contribution in [0.2, 0.25) is 0 Å². The second-order valence-electron chi connectivity index (χ2n) is 10.7. The summed E-state index contributed by atoms with van der Waals surface area (Å²) in [6, 6.07) is 19.1. The van der Waals surface area contributed by atoms with Crippen molar-refractivity contribution in [3.05, 3.63) is 77.4 Å². The maximum atomic E-state index is 13.4. The molecular formula is C30H35N3O3. The van der Waals surface area contributed by atoms with Gasteiger partial charge in [0.2, 0.25) is 11.8 Å². The van der Waals surface area contributed by atoms with Crippen molar-refractivity contribution in [3.8, 4) is 0 Å². The first-order valence-electron chi connectivity index (χ1n) is 12.6. The molecule has 4 rings (SSSR count). The van der Waals surface area contributed by atoms with Gasteiger partial charge in [-0.25, -0.2) is 0 Å². The summed E-state index contributed by atoms with van der Waals surface area (Å²) >= 11 is 0. The predicted molar refractivity (Wildman–Crippen MR) is 144 cm³/mol. The molecule has 0 unspecified atom stereocenters. The van der Waals surface area contributed by atoms with Crippen LogP contribution in [0, 0.1) is 6.92 Å². The number of nitrogens with zero attached hydrogens (tertiary/aromatic N) is 2. The van der Waals surface area contributed by atoms with E-state index in [2.05, 4.69) is 5.32 Å². The number of benzene rings is 3. The first kappa shape index (κ1) is 25.4. The molecule has 1 aliphatic rings. The Kier molecular flexibility index (Phi) is 7.16. The molecule has 3 aromatic rings. The first-order valence-corrected chi connectivity index (χ1v) is 12.6. The Morgan fingerprint density at radius 2 is 1.67 bits per heavy atom. The molecule has 1 atom stereocenters. The fourth-order valence-electron chi connectivity index (χ4n) is 4.68. The molecule has 1 heterocycles. The molecule has 0 radical (unpaired) electrons. The Balaban J connectivity index is 1.47. The van der Waals surface area contributed by atoms with Gasteiger partial charge in [0, 0.05) is 36.0 Å². The number of nitrogens with one attached hydrogen (secondary N) is 1. The van der Waals surface area contributed by atoms with Crippen LogP contribution in [-0.4, -0.2) is 40.7 Å². The highest BCUT2D eigenvalue weighted by Gasteiger charge is 2.31. The summed E-state index contributed by atoms with van der Waals surface area (Å²) in [5, 5.41) is 5.01. The minimum Gasteiger partial charge on any atom is -0.350 e. The van der Waals surface area contributed by atoms with E-state index in [-0.39, 0.29) is 24.1 Å². The van der Waals surface area contributed by atoms with Crippen molar-refractivity contribution < 1.29 is 14.4 Å². The number of aryl methyl sites for hydroxylation is 1. The van der Waals surface area contributed by atoms with E-state index in [9.17, 15) is 14.4 Å². The Bertz CT molecular complexity index is 1290. The van der Waals surface area contributed by atoms with Gasteiger partial charge in [0.25, 0.3) is 5.91 Å². The zero-order valence-electron chi connectivity index (χ0n) is 21.8. The molecule has 0 fully saturated rings. The molecule has 0 aliphatic carbocycles. The molecule has 0 bridgehead atoms. The Labute approximate surface area is 213 Å². The monoisotopic (exact) mass is 485 g/mol. The normalized spacial score (nSPS) is 13.7. The van der Waals surface area contributed by atoms with Gasteiger partial charge in [0.05, 0.1) is 5.69 Å². The van der Waals surface area contributed by atoms with Crippen molar-refractivity contribution in [3.63, 3.8) is 0 Å². The topological polar surface area (TPSA) is 69.7 Å². The van der Waals surface area contributed by atoms with Crippen LogP contribution in [0.15, 0.2) is 60.7 Å². The Hall–Kier alpha value is -3.67. The quantitative estimate of drug-likeness (QED) is 0.476. The Morgan fingerprint density at radius 1 is 1.00 bits per heavy atom. The second-order valence-corrected chi connectivity index (χ2v) is 10.7. The molecule has 1 aliphatic heterocycles. The number of anilines is 1. The number of carbonyl (C=O) groups excluding carboxylic acids is 3. The highest BCUT2D eigenvalue weighted by Crippen LogP contribution is 2.37. The van der Waals surface area contributed by atoms with Gasteiger partial charge in [-0.15, -0.1) is 0 Å². The zero-order valence-corrected chi connectivity index (χ0v) is 21.8. The van der Waals surface area contributed by atoms with E-state index in [4.69, 9.17) is 0 Å². The second kappa shape index (κ2) is 10.1. The molecule has 36 heavy (non-hydrogen) atoms. The van der Waals surface area contributed by atoms with Crippen LogP contribution in [0.1, 0.15) is 62.0 Å². The number of carbonyl (C=O) groups is 3. The lowest BCUT2D eigenvalue weighted by atomic mass is 10.1. The summed E-state index contributed by atoms with van der Waals surface area (Å²) in [6.45, 7) is 10.4. The molecule has 3 amide bonds. The number of amides is 3. The zero-order chi connectivity index (χ0) is 26.0. The molecule has 0 saturated heterocycles. The summed E-state index contributed by atoms with van der Waals surface area (Å²) in [7, 11) is 0. The number of rotatable bonds is 8. The van der Waals surface area contributed by atoms with E-state index in [0.717, 1.165) is 27.6 Å². The van der Waals surface area contributed by atoms with Crippen LogP contribution < -0.4 is 10.2 Å². The van der Waals surface area contributed by atoms with Crippen molar-refractivity contribution in [2.75, 3.05) is 11.4 Å². The predicted octanol–water partition coefficient (Wildman–Crippen LogP) is 5.22. The van der Waals surface area contributed by atoms with Gasteiger partial charge in [-0.3, -0.25) is 14.4 Å². The smallest absolute Gasteiger partial charge is 0.258 e. The largest absolute Gasteiger partial charge is 0.350 e. The van der Waals surface area contributed by atoms with Crippen LogP contribution in [-0.2, 0) is 16.1 Å². The highest BCUT2D eigenvalue weighted by molar-refractivity contribution is 6.25. The van der Waals surface area contributed by atoms with Crippen molar-refractivity contribution in [1.29, 1.82) is 0 Å². The minimum atomic E-state index is -0.621. The van der Waals surface area contributed by atoms with Crippen molar-refractivity contribution in [1.82, 2.24) is 10.2 Å². The molecule has 0 saturated carbocycles. The highest BCUT2D eigenvalue weighted by atomic mass is 16.2. The molecule has 6 nitrogen and oxygen atoms in total. The van der Waals surface area contributed by atoms with Crippen molar-refractivity contribution >= 4 is 34.2 Å². The average molecular weight is 486 g/mol. The molecule has 6 heteroatoms. The van der Waals surface area contributed by atoms with Gasteiger partial charge in [0.15, 0.2) is 0 Å². The van der Waals surface area contributed by atoms with Crippen LogP contribution in [0.25, 0.3) is 10.8 Å². The van der Waals surface area contributed by atoms with Gasteiger partial charge in [0.1, 0.15) is 6.04 Å². The van der Waals surface area contributed by atoms with E-state index < -0.39 is 11.6 Å². The maximum Gasteiger partial charge on any atom is 0.258 e. The van der Waals surface area contributed by atoms with Crippen LogP contribution in [0.5, 0.6) is 0 Å². The van der Waals surface area contributed by atoms with Gasteiger partial charge in [-0.1, -0.05) is 54.1 Å². The lowest BCUT2D eigenvalue weighted by Crippen LogP contribution is -2.52. The first-order chi connectivity index (χ1) is 17.0. The third-order valence-corrected chi connectivity index (χ3v) is 6.56. The fraction of sp³-hybridized carbons (Fsp3) is 0.367. The summed E-state index contributed by atoms with van der Waals surface area (Å²) in [6.07, 6.45) is 0.752. The SMILES string of the molecule is Cc1ccc(CN(C(=O)CCCN2C(=O)c3cccc4cccc2c34)[C@H](C)C(=O)NC(C)(C)C)cc1. The Morgan fingerprint density at radius 3 is 2.33 bits per heavy atom. The van der Waals surface area contributed by atoms with Gasteiger partial charge in [-0.2, -0.15) is 0 Å². The minimum absolute atomic E-state index is 0.0244. The average Bonchev–Trinajstić information content (AvgIpc) is 3.10. The summed E-state index contributed by atoms with van der Waals surface area (Å²) < 4.78 is 0. The number of hydrogen-bond donors (Lipinski definition) is 1.